The molecule has 1 aromatic carbocycles. The van der Waals surface area contributed by atoms with Crippen LogP contribution in [-0.2, 0) is 20.8 Å². The van der Waals surface area contributed by atoms with E-state index in [-0.39, 0.29) is 0 Å². The fourth-order valence-electron chi connectivity index (χ4n) is 2.49. The monoisotopic (exact) mass is 261 g/mol. The van der Waals surface area contributed by atoms with E-state index in [0.29, 0.717) is 13.2 Å². The fraction of sp³-hybridized carbons (Fsp3) is 0.500. The molecule has 0 aliphatic carbocycles. The summed E-state index contributed by atoms with van der Waals surface area (Å²) in [7, 11) is 0. The lowest BCUT2D eigenvalue weighted by Crippen LogP contribution is -2.50. The largest absolute Gasteiger partial charge is 0.389 e. The second kappa shape index (κ2) is 5.27. The van der Waals surface area contributed by atoms with Crippen molar-refractivity contribution >= 4 is 0 Å². The summed E-state index contributed by atoms with van der Waals surface area (Å²) in [5.74, 6) is -0.616. The van der Waals surface area contributed by atoms with Crippen molar-refractivity contribution in [1.29, 1.82) is 5.26 Å². The number of hydrogen-bond donors (Lipinski definition) is 1. The van der Waals surface area contributed by atoms with Gasteiger partial charge in [-0.15, -0.1) is 0 Å². The molecule has 0 aromatic heterocycles. The number of rotatable bonds is 3. The minimum absolute atomic E-state index is 0.315. The molecule has 0 radical (unpaired) electrons. The second-order valence-corrected chi connectivity index (χ2v) is 4.78. The Morgan fingerprint density at radius 2 is 2.16 bits per heavy atom. The lowest BCUT2D eigenvalue weighted by Gasteiger charge is -2.34. The average molecular weight is 261 g/mol. The number of nitrogens with zero attached hydrogens (tertiary/aromatic N) is 1. The van der Waals surface area contributed by atoms with Crippen molar-refractivity contribution in [2.24, 2.45) is 5.92 Å². The molecule has 0 amide bonds. The molecule has 0 unspecified atom stereocenters. The summed E-state index contributed by atoms with van der Waals surface area (Å²) < 4.78 is 16.7. The van der Waals surface area contributed by atoms with E-state index in [0.717, 1.165) is 5.56 Å². The van der Waals surface area contributed by atoms with Gasteiger partial charge in [0.1, 0.15) is 24.2 Å². The van der Waals surface area contributed by atoms with E-state index >= 15 is 0 Å². The zero-order valence-corrected chi connectivity index (χ0v) is 10.3. The lowest BCUT2D eigenvalue weighted by atomic mass is 9.91. The number of aliphatic hydroxyl groups is 1. The van der Waals surface area contributed by atoms with Crippen LogP contribution in [0.1, 0.15) is 5.56 Å². The summed E-state index contributed by atoms with van der Waals surface area (Å²) in [4.78, 5) is 0. The summed E-state index contributed by atoms with van der Waals surface area (Å²) in [6.45, 7) is 0.680. The van der Waals surface area contributed by atoms with E-state index in [2.05, 4.69) is 6.07 Å². The lowest BCUT2D eigenvalue weighted by molar-refractivity contribution is -0.217. The van der Waals surface area contributed by atoms with Crippen LogP contribution in [-0.4, -0.2) is 36.3 Å². The summed E-state index contributed by atoms with van der Waals surface area (Å²) >= 11 is 0. The molecular weight excluding hydrogens is 246 g/mol. The first-order valence-corrected chi connectivity index (χ1v) is 6.30. The highest BCUT2D eigenvalue weighted by molar-refractivity contribution is 5.13. The van der Waals surface area contributed by atoms with Crippen LogP contribution >= 0.6 is 0 Å². The van der Waals surface area contributed by atoms with E-state index in [4.69, 9.17) is 14.2 Å². The smallest absolute Gasteiger partial charge is 0.185 e. The quantitative estimate of drug-likeness (QED) is 0.872. The van der Waals surface area contributed by atoms with E-state index < -0.39 is 30.5 Å². The summed E-state index contributed by atoms with van der Waals surface area (Å²) in [5.41, 5.74) is 1.01. The van der Waals surface area contributed by atoms with Gasteiger partial charge in [0.2, 0.25) is 0 Å². The molecule has 2 aliphatic rings. The standard InChI is InChI=1S/C14H15NO4/c15-6-10-12(16)11-8-18-14(19-11)13(10)17-7-9-4-2-1-3-5-9/h1-5,10-14,16H,7-8H2/t10-,11+,12-,13-,14-/m0/s1. The minimum atomic E-state index is -0.857. The third kappa shape index (κ3) is 2.36. The number of hydrogen-bond acceptors (Lipinski definition) is 5. The molecule has 0 spiro atoms. The van der Waals surface area contributed by atoms with Crippen LogP contribution < -0.4 is 0 Å². The van der Waals surface area contributed by atoms with Gasteiger partial charge in [0.05, 0.1) is 19.3 Å². The van der Waals surface area contributed by atoms with Crippen LogP contribution in [0.15, 0.2) is 30.3 Å². The Balaban J connectivity index is 1.70. The van der Waals surface area contributed by atoms with E-state index in [1.54, 1.807) is 0 Å². The van der Waals surface area contributed by atoms with Crippen molar-refractivity contribution in [2.45, 2.75) is 31.2 Å². The first-order chi connectivity index (χ1) is 9.29. The van der Waals surface area contributed by atoms with Crippen molar-refractivity contribution in [1.82, 2.24) is 0 Å². The zero-order valence-electron chi connectivity index (χ0n) is 10.3. The van der Waals surface area contributed by atoms with Crippen molar-refractivity contribution < 1.29 is 19.3 Å². The molecule has 5 nitrogen and oxygen atoms in total. The molecule has 5 heteroatoms. The maximum Gasteiger partial charge on any atom is 0.185 e. The number of ether oxygens (including phenoxy) is 3. The first kappa shape index (κ1) is 12.6. The van der Waals surface area contributed by atoms with Gasteiger partial charge in [0.25, 0.3) is 0 Å². The van der Waals surface area contributed by atoms with Crippen LogP contribution in [0.5, 0.6) is 0 Å². The number of benzene rings is 1. The highest BCUT2D eigenvalue weighted by Gasteiger charge is 2.51. The fourth-order valence-corrected chi connectivity index (χ4v) is 2.49. The highest BCUT2D eigenvalue weighted by Crippen LogP contribution is 2.34. The van der Waals surface area contributed by atoms with Crippen molar-refractivity contribution in [3.05, 3.63) is 35.9 Å². The van der Waals surface area contributed by atoms with Crippen LogP contribution in [0.3, 0.4) is 0 Å². The van der Waals surface area contributed by atoms with Gasteiger partial charge >= 0.3 is 0 Å². The Bertz CT molecular complexity index is 472. The number of nitriles is 1. The molecule has 5 atom stereocenters. The minimum Gasteiger partial charge on any atom is -0.389 e. The zero-order chi connectivity index (χ0) is 13.2. The highest BCUT2D eigenvalue weighted by atomic mass is 16.7. The topological polar surface area (TPSA) is 71.7 Å². The second-order valence-electron chi connectivity index (χ2n) is 4.78. The summed E-state index contributed by atoms with van der Waals surface area (Å²) in [5, 5.41) is 19.2. The van der Waals surface area contributed by atoms with E-state index in [9.17, 15) is 10.4 Å². The Morgan fingerprint density at radius 3 is 2.89 bits per heavy atom. The van der Waals surface area contributed by atoms with Gasteiger partial charge in [0, 0.05) is 0 Å². The number of aliphatic hydroxyl groups excluding tert-OH is 1. The van der Waals surface area contributed by atoms with Crippen LogP contribution in [0.2, 0.25) is 0 Å². The Morgan fingerprint density at radius 1 is 1.37 bits per heavy atom. The van der Waals surface area contributed by atoms with Crippen molar-refractivity contribution in [3.8, 4) is 6.07 Å². The van der Waals surface area contributed by atoms with E-state index in [1.165, 1.54) is 0 Å². The summed E-state index contributed by atoms with van der Waals surface area (Å²) in [6, 6.07) is 11.8. The number of fused-ring (bicyclic) bond motifs is 2. The molecular formula is C14H15NO4. The van der Waals surface area contributed by atoms with Gasteiger partial charge in [-0.1, -0.05) is 30.3 Å². The molecule has 100 valence electrons. The van der Waals surface area contributed by atoms with Crippen LogP contribution in [0.25, 0.3) is 0 Å². The third-order valence-corrected chi connectivity index (χ3v) is 3.54. The molecule has 2 aliphatic heterocycles. The van der Waals surface area contributed by atoms with Gasteiger partial charge in [-0.2, -0.15) is 5.26 Å². The predicted molar refractivity (Wildman–Crippen MR) is 64.7 cm³/mol. The average Bonchev–Trinajstić information content (AvgIpc) is 2.89. The third-order valence-electron chi connectivity index (χ3n) is 3.54. The molecule has 2 bridgehead atoms. The molecule has 19 heavy (non-hydrogen) atoms. The summed E-state index contributed by atoms with van der Waals surface area (Å²) in [6.07, 6.45) is -2.38. The molecule has 1 aromatic rings. The van der Waals surface area contributed by atoms with Gasteiger partial charge in [-0.05, 0) is 5.56 Å². The van der Waals surface area contributed by atoms with Crippen molar-refractivity contribution in [3.63, 3.8) is 0 Å². The normalized spacial score (nSPS) is 36.9. The molecule has 2 heterocycles. The molecule has 0 saturated carbocycles. The Labute approximate surface area is 111 Å². The maximum absolute atomic E-state index is 10.0. The van der Waals surface area contributed by atoms with Crippen LogP contribution in [0, 0.1) is 17.2 Å². The Kier molecular flexibility index (Phi) is 3.49. The molecule has 3 rings (SSSR count). The van der Waals surface area contributed by atoms with Gasteiger partial charge in [-0.25, -0.2) is 0 Å². The molecule has 2 saturated heterocycles. The van der Waals surface area contributed by atoms with Gasteiger partial charge in [-0.3, -0.25) is 0 Å². The van der Waals surface area contributed by atoms with Crippen molar-refractivity contribution in [2.75, 3.05) is 6.61 Å². The maximum atomic E-state index is 10.0. The predicted octanol–water partition coefficient (Wildman–Crippen LogP) is 0.828. The van der Waals surface area contributed by atoms with Gasteiger partial charge in [0.15, 0.2) is 6.29 Å². The Hall–Kier alpha value is -1.45. The van der Waals surface area contributed by atoms with Crippen LogP contribution in [0.4, 0.5) is 0 Å². The molecule has 2 fully saturated rings. The van der Waals surface area contributed by atoms with E-state index in [1.807, 2.05) is 30.3 Å². The molecule has 1 N–H and O–H groups in total. The SMILES string of the molecule is N#C[C@H]1[C@H](O)[C@H]2CO[C@@H](O2)[C@H]1OCc1ccccc1. The van der Waals surface area contributed by atoms with Gasteiger partial charge < -0.3 is 19.3 Å². The first-order valence-electron chi connectivity index (χ1n) is 6.30.